The van der Waals surface area contributed by atoms with Gasteiger partial charge in [-0.2, -0.15) is 0 Å². The third-order valence-electron chi connectivity index (χ3n) is 4.81. The largest absolute Gasteiger partial charge is 0.244 e. The molecule has 4 heteroatoms. The van der Waals surface area contributed by atoms with E-state index < -0.39 is 0 Å². The predicted octanol–water partition coefficient (Wildman–Crippen LogP) is 6.68. The Morgan fingerprint density at radius 2 is 1.21 bits per heavy atom. The molecule has 3 nitrogen and oxygen atoms in total. The van der Waals surface area contributed by atoms with Crippen molar-refractivity contribution in [2.45, 2.75) is 0 Å². The van der Waals surface area contributed by atoms with E-state index in [1.54, 1.807) is 6.07 Å². The second kappa shape index (κ2) is 7.46. The quantitative estimate of drug-likeness (QED) is 0.321. The molecule has 2 aromatic heterocycles. The molecule has 0 saturated carbocycles. The van der Waals surface area contributed by atoms with Gasteiger partial charge in [0.15, 0.2) is 5.82 Å². The molecule has 0 radical (unpaired) electrons. The van der Waals surface area contributed by atoms with E-state index in [2.05, 4.69) is 41.4 Å². The SMILES string of the molecule is Clc1cc(-c2ccc(-c3ccccc3)cc2)nc(-c2ccc3ccccc3n2)n1. The molecule has 5 aromatic rings. The van der Waals surface area contributed by atoms with Crippen LogP contribution in [0.15, 0.2) is 97.1 Å². The van der Waals surface area contributed by atoms with Crippen molar-refractivity contribution in [1.29, 1.82) is 0 Å². The molecule has 2 heterocycles. The van der Waals surface area contributed by atoms with Crippen LogP contribution in [-0.4, -0.2) is 15.0 Å². The topological polar surface area (TPSA) is 38.7 Å². The molecule has 0 aliphatic rings. The first-order valence-electron chi connectivity index (χ1n) is 9.33. The molecule has 0 spiro atoms. The lowest BCUT2D eigenvalue weighted by molar-refractivity contribution is 1.15. The molecule has 0 atom stereocenters. The Hall–Kier alpha value is -3.56. The van der Waals surface area contributed by atoms with Crippen molar-refractivity contribution in [2.24, 2.45) is 0 Å². The maximum atomic E-state index is 6.32. The fraction of sp³-hybridized carbons (Fsp3) is 0. The molecule has 0 unspecified atom stereocenters. The van der Waals surface area contributed by atoms with Gasteiger partial charge in [0.2, 0.25) is 0 Å². The summed E-state index contributed by atoms with van der Waals surface area (Å²) in [6.45, 7) is 0. The van der Waals surface area contributed by atoms with E-state index in [1.807, 2.05) is 54.6 Å². The van der Waals surface area contributed by atoms with Crippen LogP contribution in [0.1, 0.15) is 0 Å². The van der Waals surface area contributed by atoms with E-state index in [1.165, 1.54) is 5.56 Å². The Bertz CT molecular complexity index is 1300. The van der Waals surface area contributed by atoms with E-state index in [0.29, 0.717) is 16.7 Å². The summed E-state index contributed by atoms with van der Waals surface area (Å²) in [6.07, 6.45) is 0. The van der Waals surface area contributed by atoms with Gasteiger partial charge in [-0.05, 0) is 23.3 Å². The standard InChI is InChI=1S/C25H16ClN3/c26-24-16-23(20-12-10-18(11-13-20)17-6-2-1-3-7-17)28-25(29-24)22-15-14-19-8-4-5-9-21(19)27-22/h1-16H. The van der Waals surface area contributed by atoms with Crippen LogP contribution >= 0.6 is 11.6 Å². The minimum atomic E-state index is 0.395. The molecule has 0 amide bonds. The number of para-hydroxylation sites is 1. The Labute approximate surface area is 173 Å². The van der Waals surface area contributed by atoms with Gasteiger partial charge in [0.05, 0.1) is 11.2 Å². The molecule has 0 saturated heterocycles. The Kier molecular flexibility index (Phi) is 4.51. The molecule has 0 aliphatic heterocycles. The lowest BCUT2D eigenvalue weighted by Crippen LogP contribution is -1.95. The van der Waals surface area contributed by atoms with Crippen LogP contribution in [0.3, 0.4) is 0 Å². The molecule has 29 heavy (non-hydrogen) atoms. The Morgan fingerprint density at radius 3 is 2.03 bits per heavy atom. The highest BCUT2D eigenvalue weighted by Crippen LogP contribution is 2.27. The highest BCUT2D eigenvalue weighted by molar-refractivity contribution is 6.29. The summed E-state index contributed by atoms with van der Waals surface area (Å²) < 4.78 is 0. The van der Waals surface area contributed by atoms with Gasteiger partial charge in [-0.25, -0.2) is 15.0 Å². The number of benzene rings is 3. The molecule has 138 valence electrons. The predicted molar refractivity (Wildman–Crippen MR) is 119 cm³/mol. The fourth-order valence-corrected chi connectivity index (χ4v) is 3.52. The first kappa shape index (κ1) is 17.5. The average Bonchev–Trinajstić information content (AvgIpc) is 2.79. The van der Waals surface area contributed by atoms with Gasteiger partial charge in [-0.3, -0.25) is 0 Å². The van der Waals surface area contributed by atoms with Crippen molar-refractivity contribution in [3.05, 3.63) is 102 Å². The van der Waals surface area contributed by atoms with Crippen LogP contribution in [0.25, 0.3) is 44.8 Å². The van der Waals surface area contributed by atoms with Gasteiger partial charge in [0.1, 0.15) is 10.8 Å². The summed E-state index contributed by atoms with van der Waals surface area (Å²) in [5, 5.41) is 1.47. The minimum absolute atomic E-state index is 0.395. The summed E-state index contributed by atoms with van der Waals surface area (Å²) in [4.78, 5) is 13.8. The molecule has 5 rings (SSSR count). The number of halogens is 1. The molecule has 0 N–H and O–H groups in total. The Morgan fingerprint density at radius 1 is 0.517 bits per heavy atom. The van der Waals surface area contributed by atoms with Crippen LogP contribution in [0.4, 0.5) is 0 Å². The van der Waals surface area contributed by atoms with Gasteiger partial charge in [0, 0.05) is 17.0 Å². The number of aromatic nitrogens is 3. The number of fused-ring (bicyclic) bond motifs is 1. The average molecular weight is 394 g/mol. The molecular weight excluding hydrogens is 378 g/mol. The summed E-state index contributed by atoms with van der Waals surface area (Å²) in [7, 11) is 0. The normalized spacial score (nSPS) is 10.9. The first-order chi connectivity index (χ1) is 14.3. The lowest BCUT2D eigenvalue weighted by atomic mass is 10.0. The minimum Gasteiger partial charge on any atom is -0.244 e. The molecular formula is C25H16ClN3. The van der Waals surface area contributed by atoms with Crippen molar-refractivity contribution in [1.82, 2.24) is 15.0 Å². The van der Waals surface area contributed by atoms with Gasteiger partial charge < -0.3 is 0 Å². The van der Waals surface area contributed by atoms with E-state index in [-0.39, 0.29) is 0 Å². The maximum Gasteiger partial charge on any atom is 0.180 e. The second-order valence-electron chi connectivity index (χ2n) is 6.73. The highest BCUT2D eigenvalue weighted by Gasteiger charge is 2.10. The zero-order chi connectivity index (χ0) is 19.6. The van der Waals surface area contributed by atoms with Crippen LogP contribution < -0.4 is 0 Å². The van der Waals surface area contributed by atoms with Crippen molar-refractivity contribution in [3.63, 3.8) is 0 Å². The van der Waals surface area contributed by atoms with Crippen LogP contribution in [0, 0.1) is 0 Å². The zero-order valence-electron chi connectivity index (χ0n) is 15.5. The van der Waals surface area contributed by atoms with Crippen LogP contribution in [0.5, 0.6) is 0 Å². The number of nitrogens with zero attached hydrogens (tertiary/aromatic N) is 3. The van der Waals surface area contributed by atoms with E-state index in [9.17, 15) is 0 Å². The van der Waals surface area contributed by atoms with Crippen LogP contribution in [-0.2, 0) is 0 Å². The summed E-state index contributed by atoms with van der Waals surface area (Å²) >= 11 is 6.32. The summed E-state index contributed by atoms with van der Waals surface area (Å²) in [5.74, 6) is 0.519. The van der Waals surface area contributed by atoms with Crippen molar-refractivity contribution in [2.75, 3.05) is 0 Å². The lowest BCUT2D eigenvalue weighted by Gasteiger charge is -2.07. The monoisotopic (exact) mass is 393 g/mol. The molecule has 0 aliphatic carbocycles. The Balaban J connectivity index is 1.53. The highest BCUT2D eigenvalue weighted by atomic mass is 35.5. The maximum absolute atomic E-state index is 6.32. The van der Waals surface area contributed by atoms with E-state index in [0.717, 1.165) is 27.7 Å². The molecule has 3 aromatic carbocycles. The van der Waals surface area contributed by atoms with Gasteiger partial charge in [-0.1, -0.05) is 90.5 Å². The van der Waals surface area contributed by atoms with Crippen molar-refractivity contribution < 1.29 is 0 Å². The molecule has 0 fully saturated rings. The van der Waals surface area contributed by atoms with E-state index >= 15 is 0 Å². The number of hydrogen-bond donors (Lipinski definition) is 0. The van der Waals surface area contributed by atoms with Gasteiger partial charge >= 0.3 is 0 Å². The van der Waals surface area contributed by atoms with Crippen LogP contribution in [0.2, 0.25) is 5.15 Å². The smallest absolute Gasteiger partial charge is 0.180 e. The fourth-order valence-electron chi connectivity index (χ4n) is 3.33. The second-order valence-corrected chi connectivity index (χ2v) is 7.12. The van der Waals surface area contributed by atoms with Gasteiger partial charge in [0.25, 0.3) is 0 Å². The van der Waals surface area contributed by atoms with Gasteiger partial charge in [-0.15, -0.1) is 0 Å². The number of pyridine rings is 1. The number of rotatable bonds is 3. The third kappa shape index (κ3) is 3.60. The van der Waals surface area contributed by atoms with Crippen molar-refractivity contribution in [3.8, 4) is 33.9 Å². The summed E-state index contributed by atoms with van der Waals surface area (Å²) in [6, 6.07) is 32.3. The zero-order valence-corrected chi connectivity index (χ0v) is 16.2. The van der Waals surface area contributed by atoms with Crippen molar-refractivity contribution >= 4 is 22.5 Å². The third-order valence-corrected chi connectivity index (χ3v) is 5.00. The molecule has 0 bridgehead atoms. The van der Waals surface area contributed by atoms with E-state index in [4.69, 9.17) is 21.6 Å². The first-order valence-corrected chi connectivity index (χ1v) is 9.71. The number of hydrogen-bond acceptors (Lipinski definition) is 3. The summed E-state index contributed by atoms with van der Waals surface area (Å²) in [5.41, 5.74) is 5.70.